The molecule has 3 aromatic rings. The van der Waals surface area contributed by atoms with Crippen molar-refractivity contribution >= 4 is 46.2 Å². The molecule has 9 nitrogen and oxygen atoms in total. The molecule has 0 aliphatic heterocycles. The Morgan fingerprint density at radius 2 is 1.53 bits per heavy atom. The summed E-state index contributed by atoms with van der Waals surface area (Å²) in [5.41, 5.74) is 6.80. The van der Waals surface area contributed by atoms with Gasteiger partial charge in [0.25, 0.3) is 0 Å². The van der Waals surface area contributed by atoms with Gasteiger partial charge in [0.05, 0.1) is 16.9 Å². The summed E-state index contributed by atoms with van der Waals surface area (Å²) in [6.45, 7) is 12.1. The van der Waals surface area contributed by atoms with E-state index < -0.39 is 23.4 Å². The summed E-state index contributed by atoms with van der Waals surface area (Å²) >= 11 is 6.44. The summed E-state index contributed by atoms with van der Waals surface area (Å²) < 4.78 is 11.0. The lowest BCUT2D eigenvalue weighted by atomic mass is 10.00. The molecule has 2 amide bonds. The minimum atomic E-state index is -0.872. The fourth-order valence-electron chi connectivity index (χ4n) is 3.20. The molecule has 180 valence electrons. The van der Waals surface area contributed by atoms with Crippen LogP contribution < -0.4 is 10.6 Å². The quantitative estimate of drug-likeness (QED) is 0.475. The summed E-state index contributed by atoms with van der Waals surface area (Å²) in [6.07, 6.45) is 1.29. The molecule has 2 N–H and O–H groups in total. The second-order valence-corrected chi connectivity index (χ2v) is 10.2. The van der Waals surface area contributed by atoms with Crippen molar-refractivity contribution in [3.05, 3.63) is 41.2 Å². The molecule has 2 aromatic heterocycles. The van der Waals surface area contributed by atoms with Gasteiger partial charge in [-0.3, -0.25) is 4.98 Å². The van der Waals surface area contributed by atoms with Crippen LogP contribution in [0.3, 0.4) is 0 Å². The number of hydrogen-bond acceptors (Lipinski definition) is 8. The third-order valence-electron chi connectivity index (χ3n) is 4.55. The van der Waals surface area contributed by atoms with Gasteiger partial charge in [-0.2, -0.15) is 4.90 Å². The van der Waals surface area contributed by atoms with Gasteiger partial charge in [0, 0.05) is 17.1 Å². The zero-order valence-electron chi connectivity index (χ0n) is 20.3. The minimum Gasteiger partial charge on any atom is -0.443 e. The van der Waals surface area contributed by atoms with Crippen LogP contribution in [0.15, 0.2) is 30.6 Å². The molecule has 0 aliphatic rings. The van der Waals surface area contributed by atoms with Crippen LogP contribution in [-0.4, -0.2) is 38.6 Å². The summed E-state index contributed by atoms with van der Waals surface area (Å²) in [7, 11) is 0. The molecule has 0 bridgehead atoms. The summed E-state index contributed by atoms with van der Waals surface area (Å²) in [5, 5.41) is 8.96. The predicted octanol–water partition coefficient (Wildman–Crippen LogP) is 5.91. The number of benzene rings is 1. The third kappa shape index (κ3) is 5.72. The summed E-state index contributed by atoms with van der Waals surface area (Å²) in [6, 6.07) is 5.22. The van der Waals surface area contributed by atoms with Crippen molar-refractivity contribution in [1.82, 2.24) is 15.2 Å². The Kier molecular flexibility index (Phi) is 6.71. The van der Waals surface area contributed by atoms with Crippen molar-refractivity contribution < 1.29 is 19.1 Å². The maximum Gasteiger partial charge on any atom is 0.424 e. The minimum absolute atomic E-state index is 0.226. The molecule has 0 unspecified atom stereocenters. The Bertz CT molecular complexity index is 1240. The number of nitrogens with two attached hydrogens (primary N) is 1. The van der Waals surface area contributed by atoms with Crippen LogP contribution in [0, 0.1) is 6.92 Å². The third-order valence-corrected chi connectivity index (χ3v) is 4.84. The van der Waals surface area contributed by atoms with Gasteiger partial charge in [-0.05, 0) is 77.8 Å². The standard InChI is InChI=1S/C24H28ClN5O4/c1-13-16(14-8-15-10-19(26)28-29-20(15)17(25)9-14)11-27-12-18(13)30(21(31)33-23(2,3)4)22(32)34-24(5,6)7/h8-12H,1-7H3,(H2,26,28). The first-order valence-corrected chi connectivity index (χ1v) is 11.0. The predicted molar refractivity (Wildman–Crippen MR) is 132 cm³/mol. The Balaban J connectivity index is 2.15. The molecular formula is C24H28ClN5O4. The van der Waals surface area contributed by atoms with Crippen molar-refractivity contribution in [3.63, 3.8) is 0 Å². The van der Waals surface area contributed by atoms with Gasteiger partial charge in [0.15, 0.2) is 0 Å². The van der Waals surface area contributed by atoms with Crippen molar-refractivity contribution in [2.24, 2.45) is 0 Å². The highest BCUT2D eigenvalue weighted by atomic mass is 35.5. The molecule has 0 radical (unpaired) electrons. The maximum absolute atomic E-state index is 13.1. The van der Waals surface area contributed by atoms with Gasteiger partial charge in [-0.25, -0.2) is 9.59 Å². The SMILES string of the molecule is Cc1c(-c2cc(Cl)c3nnc(N)cc3c2)cncc1N(C(=O)OC(C)(C)C)C(=O)OC(C)(C)C. The van der Waals surface area contributed by atoms with Gasteiger partial charge in [-0.1, -0.05) is 11.6 Å². The zero-order valence-corrected chi connectivity index (χ0v) is 21.0. The van der Waals surface area contributed by atoms with Crippen LogP contribution in [0.2, 0.25) is 5.02 Å². The van der Waals surface area contributed by atoms with Crippen molar-refractivity contribution in [2.45, 2.75) is 59.7 Å². The van der Waals surface area contributed by atoms with Gasteiger partial charge < -0.3 is 15.2 Å². The highest BCUT2D eigenvalue weighted by Crippen LogP contribution is 2.35. The van der Waals surface area contributed by atoms with Crippen LogP contribution in [-0.2, 0) is 9.47 Å². The van der Waals surface area contributed by atoms with E-state index in [-0.39, 0.29) is 11.5 Å². The molecule has 0 saturated carbocycles. The van der Waals surface area contributed by atoms with E-state index in [2.05, 4.69) is 15.2 Å². The second-order valence-electron chi connectivity index (χ2n) is 9.79. The fourth-order valence-corrected chi connectivity index (χ4v) is 3.47. The largest absolute Gasteiger partial charge is 0.443 e. The number of nitrogens with zero attached hydrogens (tertiary/aromatic N) is 4. The van der Waals surface area contributed by atoms with E-state index in [1.807, 2.05) is 6.07 Å². The number of carbonyl (C=O) groups is 2. The number of fused-ring (bicyclic) bond motifs is 1. The van der Waals surface area contributed by atoms with Crippen molar-refractivity contribution in [2.75, 3.05) is 10.6 Å². The van der Waals surface area contributed by atoms with E-state index in [0.29, 0.717) is 32.6 Å². The average Bonchev–Trinajstić information content (AvgIpc) is 2.66. The molecule has 1 aromatic carbocycles. The van der Waals surface area contributed by atoms with Gasteiger partial charge >= 0.3 is 12.2 Å². The number of amides is 2. The Labute approximate surface area is 203 Å². The number of ether oxygens (including phenoxy) is 2. The first-order chi connectivity index (χ1) is 15.7. The molecular weight excluding hydrogens is 458 g/mol. The number of aromatic nitrogens is 3. The monoisotopic (exact) mass is 485 g/mol. The highest BCUT2D eigenvalue weighted by molar-refractivity contribution is 6.35. The molecule has 10 heteroatoms. The number of carbonyl (C=O) groups excluding carboxylic acids is 2. The number of halogens is 1. The molecule has 34 heavy (non-hydrogen) atoms. The Hall–Kier alpha value is -3.46. The molecule has 0 fully saturated rings. The molecule has 0 aliphatic carbocycles. The van der Waals surface area contributed by atoms with Crippen LogP contribution >= 0.6 is 11.6 Å². The van der Waals surface area contributed by atoms with Crippen LogP contribution in [0.25, 0.3) is 22.0 Å². The van der Waals surface area contributed by atoms with Crippen LogP contribution in [0.5, 0.6) is 0 Å². The fraction of sp³-hybridized carbons (Fsp3) is 0.375. The van der Waals surface area contributed by atoms with Gasteiger partial charge in [-0.15, -0.1) is 10.2 Å². The number of pyridine rings is 1. The lowest BCUT2D eigenvalue weighted by Crippen LogP contribution is -2.44. The average molecular weight is 486 g/mol. The topological polar surface area (TPSA) is 121 Å². The normalized spacial score (nSPS) is 11.9. The lowest BCUT2D eigenvalue weighted by molar-refractivity contribution is 0.0430. The Morgan fingerprint density at radius 1 is 0.941 bits per heavy atom. The highest BCUT2D eigenvalue weighted by Gasteiger charge is 2.34. The van der Waals surface area contributed by atoms with Crippen LogP contribution in [0.1, 0.15) is 47.1 Å². The van der Waals surface area contributed by atoms with Crippen molar-refractivity contribution in [3.8, 4) is 11.1 Å². The van der Waals surface area contributed by atoms with E-state index in [9.17, 15) is 9.59 Å². The first kappa shape index (κ1) is 25.2. The van der Waals surface area contributed by atoms with E-state index in [4.69, 9.17) is 26.8 Å². The first-order valence-electron chi connectivity index (χ1n) is 10.6. The number of nitrogen functional groups attached to an aromatic ring is 1. The molecule has 3 rings (SSSR count). The summed E-state index contributed by atoms with van der Waals surface area (Å²) in [4.78, 5) is 31.3. The molecule has 0 atom stereocenters. The molecule has 0 spiro atoms. The number of hydrogen-bond donors (Lipinski definition) is 1. The van der Waals surface area contributed by atoms with E-state index >= 15 is 0 Å². The van der Waals surface area contributed by atoms with Gasteiger partial charge in [0.2, 0.25) is 0 Å². The smallest absolute Gasteiger partial charge is 0.424 e. The second kappa shape index (κ2) is 9.06. The maximum atomic E-state index is 13.1. The lowest BCUT2D eigenvalue weighted by Gasteiger charge is -2.29. The molecule has 0 saturated heterocycles. The number of rotatable bonds is 2. The van der Waals surface area contributed by atoms with Crippen LogP contribution in [0.4, 0.5) is 21.1 Å². The zero-order chi connectivity index (χ0) is 25.4. The van der Waals surface area contributed by atoms with Crippen molar-refractivity contribution in [1.29, 1.82) is 0 Å². The van der Waals surface area contributed by atoms with E-state index in [1.165, 1.54) is 6.20 Å². The number of imide groups is 1. The number of anilines is 2. The van der Waals surface area contributed by atoms with E-state index in [1.54, 1.807) is 66.8 Å². The summed E-state index contributed by atoms with van der Waals surface area (Å²) in [5.74, 6) is 0.255. The Morgan fingerprint density at radius 3 is 2.09 bits per heavy atom. The van der Waals surface area contributed by atoms with Gasteiger partial charge in [0.1, 0.15) is 22.5 Å². The van der Waals surface area contributed by atoms with E-state index in [0.717, 1.165) is 4.90 Å². The molecule has 2 heterocycles.